The van der Waals surface area contributed by atoms with Gasteiger partial charge in [0.1, 0.15) is 6.33 Å². The Balaban J connectivity index is 1.61. The first kappa shape index (κ1) is 19.3. The van der Waals surface area contributed by atoms with Crippen molar-refractivity contribution in [1.29, 1.82) is 0 Å². The lowest BCUT2D eigenvalue weighted by molar-refractivity contribution is -0.387. The zero-order valence-electron chi connectivity index (χ0n) is 15.3. The van der Waals surface area contributed by atoms with Crippen LogP contribution in [0.25, 0.3) is 0 Å². The molecule has 0 spiro atoms. The molecule has 8 nitrogen and oxygen atoms in total. The molecule has 1 aliphatic carbocycles. The van der Waals surface area contributed by atoms with E-state index in [4.69, 9.17) is 0 Å². The lowest BCUT2D eigenvalue weighted by Crippen LogP contribution is -2.24. The molecule has 0 bridgehead atoms. The van der Waals surface area contributed by atoms with Crippen molar-refractivity contribution in [3.63, 3.8) is 0 Å². The second-order valence-electron chi connectivity index (χ2n) is 6.81. The Hall–Kier alpha value is -2.42. The maximum Gasteiger partial charge on any atom is 0.284 e. The molecule has 1 aromatic heterocycles. The Bertz CT molecular complexity index is 817. The fourth-order valence-corrected chi connectivity index (χ4v) is 4.19. The molecule has 9 heteroatoms. The standard InChI is InChI=1S/C18H23N5O3S/c1-22-12-20-21-18(22)27-16-9-8-14(11-15(16)23(25)26)17(24)19-10-4-7-13-5-2-3-6-13/h8-9,11-13H,2-7,10H2,1H3,(H,19,24). The molecule has 0 saturated heterocycles. The molecule has 1 saturated carbocycles. The molecule has 1 aliphatic rings. The van der Waals surface area contributed by atoms with Gasteiger partial charge in [-0.05, 0) is 42.7 Å². The molecule has 1 aromatic carbocycles. The fraction of sp³-hybridized carbons (Fsp3) is 0.500. The molecule has 1 amide bonds. The maximum atomic E-state index is 12.3. The molecule has 0 atom stereocenters. The first-order valence-corrected chi connectivity index (χ1v) is 9.94. The highest BCUT2D eigenvalue weighted by molar-refractivity contribution is 7.99. The van der Waals surface area contributed by atoms with Crippen LogP contribution in [0.3, 0.4) is 0 Å². The summed E-state index contributed by atoms with van der Waals surface area (Å²) in [5.74, 6) is 0.514. The van der Waals surface area contributed by atoms with E-state index < -0.39 is 4.92 Å². The molecule has 3 rings (SSSR count). The Morgan fingerprint density at radius 2 is 2.19 bits per heavy atom. The topological polar surface area (TPSA) is 103 Å². The number of rotatable bonds is 8. The molecule has 1 fully saturated rings. The van der Waals surface area contributed by atoms with E-state index in [2.05, 4.69) is 15.5 Å². The minimum absolute atomic E-state index is 0.110. The number of nitro benzene ring substituents is 1. The quantitative estimate of drug-likeness (QED) is 0.420. The second-order valence-corrected chi connectivity index (χ2v) is 7.82. The summed E-state index contributed by atoms with van der Waals surface area (Å²) in [5, 5.41) is 22.5. The van der Waals surface area contributed by atoms with E-state index in [-0.39, 0.29) is 11.6 Å². The van der Waals surface area contributed by atoms with Gasteiger partial charge in [0.2, 0.25) is 0 Å². The molecule has 0 unspecified atom stereocenters. The van der Waals surface area contributed by atoms with Gasteiger partial charge >= 0.3 is 0 Å². The average Bonchev–Trinajstić information content (AvgIpc) is 3.31. The number of nitrogens with one attached hydrogen (secondary N) is 1. The number of nitrogens with zero attached hydrogens (tertiary/aromatic N) is 4. The van der Waals surface area contributed by atoms with Crippen LogP contribution in [-0.4, -0.2) is 32.1 Å². The largest absolute Gasteiger partial charge is 0.352 e. The van der Waals surface area contributed by atoms with Crippen molar-refractivity contribution in [3.8, 4) is 0 Å². The number of amides is 1. The molecule has 2 aromatic rings. The third kappa shape index (κ3) is 5.06. The summed E-state index contributed by atoms with van der Waals surface area (Å²) < 4.78 is 1.68. The van der Waals surface area contributed by atoms with Crippen molar-refractivity contribution in [2.75, 3.05) is 6.54 Å². The van der Waals surface area contributed by atoms with Crippen LogP contribution < -0.4 is 5.32 Å². The number of aromatic nitrogens is 3. The summed E-state index contributed by atoms with van der Waals surface area (Å²) in [6, 6.07) is 4.52. The summed E-state index contributed by atoms with van der Waals surface area (Å²) in [4.78, 5) is 23.7. The van der Waals surface area contributed by atoms with Crippen LogP contribution in [0.5, 0.6) is 0 Å². The number of carbonyl (C=O) groups excluding carboxylic acids is 1. The lowest BCUT2D eigenvalue weighted by Gasteiger charge is -2.10. The van der Waals surface area contributed by atoms with Crippen LogP contribution in [-0.2, 0) is 7.05 Å². The highest BCUT2D eigenvalue weighted by Crippen LogP contribution is 2.34. The predicted molar refractivity (Wildman–Crippen MR) is 102 cm³/mol. The predicted octanol–water partition coefficient (Wildman–Crippen LogP) is 3.57. The minimum atomic E-state index is -0.477. The van der Waals surface area contributed by atoms with Gasteiger partial charge in [0.15, 0.2) is 5.16 Å². The van der Waals surface area contributed by atoms with Crippen LogP contribution in [0, 0.1) is 16.0 Å². The number of carbonyl (C=O) groups is 1. The summed E-state index contributed by atoms with van der Waals surface area (Å²) in [6.07, 6.45) is 8.84. The molecular weight excluding hydrogens is 366 g/mol. The molecule has 0 aliphatic heterocycles. The summed E-state index contributed by atoms with van der Waals surface area (Å²) >= 11 is 1.15. The number of benzene rings is 1. The van der Waals surface area contributed by atoms with Crippen molar-refractivity contribution in [3.05, 3.63) is 40.2 Å². The monoisotopic (exact) mass is 389 g/mol. The average molecular weight is 389 g/mol. The van der Waals surface area contributed by atoms with Crippen molar-refractivity contribution in [2.45, 2.75) is 48.6 Å². The third-order valence-corrected chi connectivity index (χ3v) is 5.96. The Morgan fingerprint density at radius 3 is 2.85 bits per heavy atom. The Kier molecular flexibility index (Phi) is 6.44. The van der Waals surface area contributed by atoms with Crippen LogP contribution in [0.1, 0.15) is 48.9 Å². The molecule has 1 N–H and O–H groups in total. The van der Waals surface area contributed by atoms with Gasteiger partial charge in [0.05, 0.1) is 9.82 Å². The van der Waals surface area contributed by atoms with Gasteiger partial charge in [0, 0.05) is 25.2 Å². The van der Waals surface area contributed by atoms with Gasteiger partial charge in [-0.25, -0.2) is 0 Å². The van der Waals surface area contributed by atoms with E-state index in [1.807, 2.05) is 0 Å². The van der Waals surface area contributed by atoms with Gasteiger partial charge < -0.3 is 9.88 Å². The van der Waals surface area contributed by atoms with Gasteiger partial charge in [-0.15, -0.1) is 10.2 Å². The fourth-order valence-electron chi connectivity index (χ4n) is 3.34. The molecule has 27 heavy (non-hydrogen) atoms. The van der Waals surface area contributed by atoms with Crippen LogP contribution in [0.15, 0.2) is 34.6 Å². The van der Waals surface area contributed by atoms with Crippen LogP contribution in [0.2, 0.25) is 0 Å². The SMILES string of the molecule is Cn1cnnc1Sc1ccc(C(=O)NCCCC2CCCC2)cc1[N+](=O)[O-]. The Labute approximate surface area is 161 Å². The molecule has 0 radical (unpaired) electrons. The minimum Gasteiger partial charge on any atom is -0.352 e. The van der Waals surface area contributed by atoms with E-state index in [1.165, 1.54) is 38.1 Å². The van der Waals surface area contributed by atoms with E-state index >= 15 is 0 Å². The van der Waals surface area contributed by atoms with Crippen molar-refractivity contribution in [1.82, 2.24) is 20.1 Å². The van der Waals surface area contributed by atoms with E-state index in [1.54, 1.807) is 23.7 Å². The first-order valence-electron chi connectivity index (χ1n) is 9.13. The Morgan fingerprint density at radius 1 is 1.41 bits per heavy atom. The first-order chi connectivity index (χ1) is 13.0. The van der Waals surface area contributed by atoms with Crippen LogP contribution >= 0.6 is 11.8 Å². The highest BCUT2D eigenvalue weighted by atomic mass is 32.2. The van der Waals surface area contributed by atoms with E-state index in [0.717, 1.165) is 30.5 Å². The molecule has 1 heterocycles. The van der Waals surface area contributed by atoms with Gasteiger partial charge in [0.25, 0.3) is 11.6 Å². The van der Waals surface area contributed by atoms with Crippen molar-refractivity contribution < 1.29 is 9.72 Å². The van der Waals surface area contributed by atoms with Gasteiger partial charge in [-0.2, -0.15) is 0 Å². The van der Waals surface area contributed by atoms with Gasteiger partial charge in [-0.1, -0.05) is 25.7 Å². The smallest absolute Gasteiger partial charge is 0.284 e. The lowest BCUT2D eigenvalue weighted by atomic mass is 10.0. The zero-order chi connectivity index (χ0) is 19.2. The van der Waals surface area contributed by atoms with Crippen LogP contribution in [0.4, 0.5) is 5.69 Å². The van der Waals surface area contributed by atoms with Crippen molar-refractivity contribution in [2.24, 2.45) is 13.0 Å². The van der Waals surface area contributed by atoms with Gasteiger partial charge in [-0.3, -0.25) is 14.9 Å². The summed E-state index contributed by atoms with van der Waals surface area (Å²) in [7, 11) is 1.77. The summed E-state index contributed by atoms with van der Waals surface area (Å²) in [5.41, 5.74) is 0.187. The van der Waals surface area contributed by atoms with E-state index in [0.29, 0.717) is 22.2 Å². The number of aryl methyl sites for hydroxylation is 1. The van der Waals surface area contributed by atoms with E-state index in [9.17, 15) is 14.9 Å². The second kappa shape index (κ2) is 8.98. The number of hydrogen-bond acceptors (Lipinski definition) is 6. The molecular formula is C18H23N5O3S. The normalized spacial score (nSPS) is 14.4. The third-order valence-electron chi connectivity index (χ3n) is 4.84. The number of nitro groups is 1. The molecule has 144 valence electrons. The maximum absolute atomic E-state index is 12.3. The van der Waals surface area contributed by atoms with Crippen molar-refractivity contribution >= 4 is 23.4 Å². The zero-order valence-corrected chi connectivity index (χ0v) is 16.1. The number of hydrogen-bond donors (Lipinski definition) is 1. The highest BCUT2D eigenvalue weighted by Gasteiger charge is 2.20. The summed E-state index contributed by atoms with van der Waals surface area (Å²) in [6.45, 7) is 0.596.